The van der Waals surface area contributed by atoms with Crippen LogP contribution in [0.15, 0.2) is 53.7 Å². The van der Waals surface area contributed by atoms with Gasteiger partial charge in [-0.25, -0.2) is 0 Å². The highest BCUT2D eigenvalue weighted by Crippen LogP contribution is 2.37. The summed E-state index contributed by atoms with van der Waals surface area (Å²) in [6.45, 7) is 2.01. The van der Waals surface area contributed by atoms with E-state index >= 15 is 0 Å². The summed E-state index contributed by atoms with van der Waals surface area (Å²) in [5.41, 5.74) is 2.67. The molecule has 2 aromatic rings. The van der Waals surface area contributed by atoms with E-state index in [1.807, 2.05) is 25.1 Å². The van der Waals surface area contributed by atoms with Crippen molar-refractivity contribution in [2.24, 2.45) is 0 Å². The molecule has 2 aliphatic heterocycles. The van der Waals surface area contributed by atoms with Gasteiger partial charge in [-0.1, -0.05) is 23.7 Å². The number of anilines is 1. The molecule has 0 aromatic heterocycles. The molecule has 138 valence electrons. The summed E-state index contributed by atoms with van der Waals surface area (Å²) < 4.78 is 10.8. The largest absolute Gasteiger partial charge is 0.454 e. The van der Waals surface area contributed by atoms with Gasteiger partial charge in [0, 0.05) is 16.4 Å². The highest BCUT2D eigenvalue weighted by atomic mass is 35.5. The van der Waals surface area contributed by atoms with Crippen molar-refractivity contribution in [3.05, 3.63) is 64.3 Å². The van der Waals surface area contributed by atoms with E-state index < -0.39 is 6.04 Å². The minimum Gasteiger partial charge on any atom is -0.454 e. The van der Waals surface area contributed by atoms with Gasteiger partial charge in [0.15, 0.2) is 16.6 Å². The average Bonchev–Trinajstić information content (AvgIpc) is 3.08. The number of hydrogen-bond acceptors (Lipinski definition) is 4. The van der Waals surface area contributed by atoms with Gasteiger partial charge in [-0.3, -0.25) is 4.79 Å². The molecule has 27 heavy (non-hydrogen) atoms. The lowest BCUT2D eigenvalue weighted by Gasteiger charge is -2.30. The fraction of sp³-hybridized carbons (Fsp3) is 0.158. The highest BCUT2D eigenvalue weighted by Gasteiger charge is 2.31. The maximum Gasteiger partial charge on any atom is 0.255 e. The number of hydrogen-bond donors (Lipinski definition) is 3. The van der Waals surface area contributed by atoms with Crippen LogP contribution in [0.2, 0.25) is 5.02 Å². The van der Waals surface area contributed by atoms with E-state index in [-0.39, 0.29) is 12.7 Å². The number of amides is 1. The smallest absolute Gasteiger partial charge is 0.255 e. The number of thiocarbonyl (C=S) groups is 1. The molecule has 6 nitrogen and oxygen atoms in total. The van der Waals surface area contributed by atoms with Gasteiger partial charge in [0.05, 0.1) is 11.6 Å². The van der Waals surface area contributed by atoms with Crippen molar-refractivity contribution in [1.29, 1.82) is 0 Å². The van der Waals surface area contributed by atoms with Crippen LogP contribution in [0.4, 0.5) is 5.69 Å². The number of allylic oxidation sites excluding steroid dienone is 1. The first-order valence-corrected chi connectivity index (χ1v) is 9.04. The third-order valence-corrected chi connectivity index (χ3v) is 4.78. The summed E-state index contributed by atoms with van der Waals surface area (Å²) in [5, 5.41) is 10.1. The minimum absolute atomic E-state index is 0.188. The Morgan fingerprint density at radius 1 is 1.22 bits per heavy atom. The Kier molecular flexibility index (Phi) is 4.63. The van der Waals surface area contributed by atoms with Gasteiger partial charge in [0.1, 0.15) is 0 Å². The fourth-order valence-corrected chi connectivity index (χ4v) is 3.56. The second-order valence-electron chi connectivity index (χ2n) is 6.15. The molecule has 2 aromatic carbocycles. The molecule has 3 N–H and O–H groups in total. The van der Waals surface area contributed by atoms with E-state index in [0.717, 1.165) is 5.56 Å². The van der Waals surface area contributed by atoms with Crippen LogP contribution < -0.4 is 25.4 Å². The second-order valence-corrected chi connectivity index (χ2v) is 6.99. The molecule has 4 rings (SSSR count). The zero-order valence-corrected chi connectivity index (χ0v) is 15.9. The van der Waals surface area contributed by atoms with E-state index in [9.17, 15) is 4.79 Å². The Morgan fingerprint density at radius 2 is 2.04 bits per heavy atom. The molecule has 2 heterocycles. The zero-order chi connectivity index (χ0) is 19.0. The predicted octanol–water partition coefficient (Wildman–Crippen LogP) is 3.50. The molecule has 2 aliphatic rings. The van der Waals surface area contributed by atoms with E-state index in [0.29, 0.717) is 38.6 Å². The molecule has 8 heteroatoms. The van der Waals surface area contributed by atoms with Crippen LogP contribution >= 0.6 is 23.8 Å². The molecule has 1 atom stereocenters. The lowest BCUT2D eigenvalue weighted by atomic mass is 9.94. The monoisotopic (exact) mass is 401 g/mol. The van der Waals surface area contributed by atoms with Gasteiger partial charge in [-0.05, 0) is 55.0 Å². The number of ether oxygens (including phenoxy) is 2. The lowest BCUT2D eigenvalue weighted by molar-refractivity contribution is -0.113. The number of rotatable bonds is 3. The number of carbonyl (C=O) groups is 1. The summed E-state index contributed by atoms with van der Waals surface area (Å²) >= 11 is 11.3. The van der Waals surface area contributed by atoms with Crippen molar-refractivity contribution in [3.63, 3.8) is 0 Å². The van der Waals surface area contributed by atoms with Crippen LogP contribution in [0, 0.1) is 0 Å². The Labute approximate surface area is 166 Å². The van der Waals surface area contributed by atoms with Crippen molar-refractivity contribution in [3.8, 4) is 11.5 Å². The quantitative estimate of drug-likeness (QED) is 0.684. The second kappa shape index (κ2) is 7.09. The Morgan fingerprint density at radius 3 is 2.85 bits per heavy atom. The van der Waals surface area contributed by atoms with Gasteiger partial charge in [-0.15, -0.1) is 0 Å². The van der Waals surface area contributed by atoms with Gasteiger partial charge in [-0.2, -0.15) is 0 Å². The van der Waals surface area contributed by atoms with Gasteiger partial charge < -0.3 is 25.4 Å². The number of fused-ring (bicyclic) bond motifs is 1. The van der Waals surface area contributed by atoms with Crippen LogP contribution in [-0.2, 0) is 4.79 Å². The molecular formula is C19H16ClN3O3S. The van der Waals surface area contributed by atoms with Crippen molar-refractivity contribution in [2.75, 3.05) is 12.1 Å². The van der Waals surface area contributed by atoms with E-state index in [1.165, 1.54) is 0 Å². The van der Waals surface area contributed by atoms with Crippen LogP contribution in [0.25, 0.3) is 0 Å². The highest BCUT2D eigenvalue weighted by molar-refractivity contribution is 7.80. The third-order valence-electron chi connectivity index (χ3n) is 4.33. The molecule has 1 amide bonds. The SMILES string of the molecule is CC1=C(C(=O)Nc2cccc(Cl)c2)[C@@H](c2ccc3c(c2)OCO3)NC(=S)N1. The Hall–Kier alpha value is -2.77. The van der Waals surface area contributed by atoms with Crippen molar-refractivity contribution in [2.45, 2.75) is 13.0 Å². The van der Waals surface area contributed by atoms with Gasteiger partial charge >= 0.3 is 0 Å². The Balaban J connectivity index is 1.68. The zero-order valence-electron chi connectivity index (χ0n) is 14.3. The van der Waals surface area contributed by atoms with E-state index in [2.05, 4.69) is 16.0 Å². The normalized spacial score (nSPS) is 18.0. The topological polar surface area (TPSA) is 71.6 Å². The number of nitrogens with one attached hydrogen (secondary N) is 3. The molecule has 0 saturated heterocycles. The maximum atomic E-state index is 13.0. The molecule has 0 unspecified atom stereocenters. The van der Waals surface area contributed by atoms with Crippen molar-refractivity contribution in [1.82, 2.24) is 10.6 Å². The first kappa shape index (κ1) is 17.6. The van der Waals surface area contributed by atoms with Crippen molar-refractivity contribution >= 4 is 40.5 Å². The van der Waals surface area contributed by atoms with Gasteiger partial charge in [0.2, 0.25) is 6.79 Å². The Bertz CT molecular complexity index is 976. The molecule has 0 radical (unpaired) electrons. The number of halogens is 1. The summed E-state index contributed by atoms with van der Waals surface area (Å²) in [7, 11) is 0. The average molecular weight is 402 g/mol. The molecule has 0 fully saturated rings. The maximum absolute atomic E-state index is 13.0. The number of benzene rings is 2. The van der Waals surface area contributed by atoms with E-state index in [1.54, 1.807) is 24.3 Å². The summed E-state index contributed by atoms with van der Waals surface area (Å²) in [6, 6.07) is 12.1. The number of carbonyl (C=O) groups excluding carboxylic acids is 1. The lowest BCUT2D eigenvalue weighted by Crippen LogP contribution is -2.45. The molecule has 0 saturated carbocycles. The van der Waals surface area contributed by atoms with Crippen LogP contribution in [0.3, 0.4) is 0 Å². The molecule has 0 bridgehead atoms. The molecule has 0 spiro atoms. The summed E-state index contributed by atoms with van der Waals surface area (Å²) in [4.78, 5) is 13.0. The fourth-order valence-electron chi connectivity index (χ4n) is 3.10. The molecule has 0 aliphatic carbocycles. The van der Waals surface area contributed by atoms with Crippen LogP contribution in [0.1, 0.15) is 18.5 Å². The minimum atomic E-state index is -0.424. The standard InChI is InChI=1S/C19H16ClN3O3S/c1-10-16(18(24)22-13-4-2-3-12(20)8-13)17(23-19(27)21-10)11-5-6-14-15(7-11)26-9-25-14/h2-8,17H,9H2,1H3,(H,22,24)(H2,21,23,27)/t17-/m1/s1. The first-order chi connectivity index (χ1) is 13.0. The van der Waals surface area contributed by atoms with E-state index in [4.69, 9.17) is 33.3 Å². The first-order valence-electron chi connectivity index (χ1n) is 8.26. The predicted molar refractivity (Wildman–Crippen MR) is 107 cm³/mol. The van der Waals surface area contributed by atoms with Crippen molar-refractivity contribution < 1.29 is 14.3 Å². The summed E-state index contributed by atoms with van der Waals surface area (Å²) in [6.07, 6.45) is 0. The third kappa shape index (κ3) is 3.56. The molecular weight excluding hydrogens is 386 g/mol. The summed E-state index contributed by atoms with van der Waals surface area (Å²) in [5.74, 6) is 1.08. The van der Waals surface area contributed by atoms with Crippen LogP contribution in [-0.4, -0.2) is 17.8 Å². The van der Waals surface area contributed by atoms with Crippen LogP contribution in [0.5, 0.6) is 11.5 Å². The van der Waals surface area contributed by atoms with Gasteiger partial charge in [0.25, 0.3) is 5.91 Å².